The fourth-order valence-corrected chi connectivity index (χ4v) is 1.98. The summed E-state index contributed by atoms with van der Waals surface area (Å²) in [6, 6.07) is 0.0220. The Labute approximate surface area is 98.0 Å². The predicted molar refractivity (Wildman–Crippen MR) is 64.1 cm³/mol. The van der Waals surface area contributed by atoms with Crippen molar-refractivity contribution in [3.05, 3.63) is 0 Å². The number of aliphatic hydroxyl groups is 1. The van der Waals surface area contributed by atoms with E-state index in [4.69, 9.17) is 5.11 Å². The third kappa shape index (κ3) is 4.10. The van der Waals surface area contributed by atoms with Gasteiger partial charge >= 0.3 is 0 Å². The number of hydrogen-bond acceptors (Lipinski definition) is 3. The average molecular weight is 228 g/mol. The Morgan fingerprint density at radius 1 is 1.31 bits per heavy atom. The van der Waals surface area contributed by atoms with Gasteiger partial charge < -0.3 is 15.3 Å². The normalized spacial score (nSPS) is 18.9. The second-order valence-electron chi connectivity index (χ2n) is 4.86. The van der Waals surface area contributed by atoms with Gasteiger partial charge in [-0.15, -0.1) is 0 Å². The Morgan fingerprint density at radius 2 is 1.94 bits per heavy atom. The maximum absolute atomic E-state index is 11.8. The smallest absolute Gasteiger partial charge is 0.236 e. The van der Waals surface area contributed by atoms with Crippen molar-refractivity contribution in [2.75, 3.05) is 26.2 Å². The van der Waals surface area contributed by atoms with Gasteiger partial charge in [-0.2, -0.15) is 0 Å². The maximum atomic E-state index is 11.8. The third-order valence-electron chi connectivity index (χ3n) is 3.23. The summed E-state index contributed by atoms with van der Waals surface area (Å²) in [7, 11) is 0. The van der Waals surface area contributed by atoms with Crippen molar-refractivity contribution < 1.29 is 9.90 Å². The van der Waals surface area contributed by atoms with Crippen LogP contribution in [0.3, 0.4) is 0 Å². The lowest BCUT2D eigenvalue weighted by Crippen LogP contribution is -2.46. The molecule has 0 aromatic carbocycles. The molecule has 0 spiro atoms. The summed E-state index contributed by atoms with van der Waals surface area (Å²) in [4.78, 5) is 13.7. The summed E-state index contributed by atoms with van der Waals surface area (Å²) in [5.41, 5.74) is 0. The van der Waals surface area contributed by atoms with Crippen LogP contribution in [0.1, 0.15) is 33.1 Å². The molecule has 1 atom stereocenters. The molecule has 4 heteroatoms. The third-order valence-corrected chi connectivity index (χ3v) is 3.23. The van der Waals surface area contributed by atoms with Gasteiger partial charge in [-0.05, 0) is 25.2 Å². The number of piperidine rings is 1. The Balaban J connectivity index is 2.27. The summed E-state index contributed by atoms with van der Waals surface area (Å²) in [5, 5.41) is 12.3. The van der Waals surface area contributed by atoms with Gasteiger partial charge in [-0.25, -0.2) is 0 Å². The summed E-state index contributed by atoms with van der Waals surface area (Å²) in [6.45, 7) is 6.31. The maximum Gasteiger partial charge on any atom is 0.236 e. The topological polar surface area (TPSA) is 52.6 Å². The molecule has 0 unspecified atom stereocenters. The molecule has 0 aromatic heterocycles. The Morgan fingerprint density at radius 3 is 2.44 bits per heavy atom. The number of amides is 1. The number of aliphatic hydroxyl groups excluding tert-OH is 1. The van der Waals surface area contributed by atoms with Crippen LogP contribution in [0.4, 0.5) is 0 Å². The van der Waals surface area contributed by atoms with Gasteiger partial charge in [-0.1, -0.05) is 13.8 Å². The van der Waals surface area contributed by atoms with Gasteiger partial charge in [0.2, 0.25) is 5.91 Å². The minimum Gasteiger partial charge on any atom is -0.395 e. The van der Waals surface area contributed by atoms with E-state index in [0.29, 0.717) is 12.5 Å². The molecule has 1 saturated heterocycles. The largest absolute Gasteiger partial charge is 0.395 e. The lowest BCUT2D eigenvalue weighted by molar-refractivity contribution is -0.131. The zero-order valence-corrected chi connectivity index (χ0v) is 10.4. The summed E-state index contributed by atoms with van der Waals surface area (Å²) >= 11 is 0. The van der Waals surface area contributed by atoms with Gasteiger partial charge in [0.15, 0.2) is 0 Å². The highest BCUT2D eigenvalue weighted by molar-refractivity contribution is 5.78. The summed E-state index contributed by atoms with van der Waals surface area (Å²) < 4.78 is 0. The van der Waals surface area contributed by atoms with Gasteiger partial charge in [0, 0.05) is 19.1 Å². The average Bonchev–Trinajstić information content (AvgIpc) is 2.30. The van der Waals surface area contributed by atoms with Crippen LogP contribution in [-0.4, -0.2) is 48.2 Å². The predicted octanol–water partition coefficient (Wildman–Crippen LogP) is 0.605. The van der Waals surface area contributed by atoms with E-state index >= 15 is 0 Å². The van der Waals surface area contributed by atoms with Crippen LogP contribution < -0.4 is 5.32 Å². The molecule has 1 fully saturated rings. The zero-order valence-electron chi connectivity index (χ0n) is 10.4. The molecule has 2 N–H and O–H groups in total. The van der Waals surface area contributed by atoms with E-state index in [1.165, 1.54) is 6.42 Å². The lowest BCUT2D eigenvalue weighted by Gasteiger charge is -2.28. The van der Waals surface area contributed by atoms with E-state index in [1.807, 2.05) is 18.7 Å². The van der Waals surface area contributed by atoms with E-state index < -0.39 is 0 Å². The first kappa shape index (κ1) is 13.5. The van der Waals surface area contributed by atoms with Crippen molar-refractivity contribution in [3.8, 4) is 0 Å². The highest BCUT2D eigenvalue weighted by Gasteiger charge is 2.18. The Kier molecular flexibility index (Phi) is 5.77. The molecule has 1 heterocycles. The molecule has 1 rings (SSSR count). The van der Waals surface area contributed by atoms with Crippen LogP contribution in [0.2, 0.25) is 0 Å². The van der Waals surface area contributed by atoms with Crippen molar-refractivity contribution in [2.24, 2.45) is 5.92 Å². The molecular formula is C12H24N2O2. The minimum atomic E-state index is 0.0220. The van der Waals surface area contributed by atoms with Gasteiger partial charge in [-0.3, -0.25) is 4.79 Å². The van der Waals surface area contributed by atoms with Gasteiger partial charge in [0.25, 0.3) is 0 Å². The first-order valence-corrected chi connectivity index (χ1v) is 6.27. The lowest BCUT2D eigenvalue weighted by atomic mass is 10.1. The first-order chi connectivity index (χ1) is 7.65. The van der Waals surface area contributed by atoms with Crippen molar-refractivity contribution in [1.29, 1.82) is 0 Å². The Hall–Kier alpha value is -0.610. The Bertz CT molecular complexity index is 213. The van der Waals surface area contributed by atoms with Crippen LogP contribution >= 0.6 is 0 Å². The standard InChI is InChI=1S/C12H24N2O2/c1-10(2)11(9-15)13-8-12(16)14-6-4-3-5-7-14/h10-11,13,15H,3-9H2,1-2H3/t11-/m1/s1. The highest BCUT2D eigenvalue weighted by atomic mass is 16.3. The molecule has 0 aliphatic carbocycles. The molecule has 0 aromatic rings. The quantitative estimate of drug-likeness (QED) is 0.725. The second-order valence-corrected chi connectivity index (χ2v) is 4.86. The van der Waals surface area contributed by atoms with Crippen LogP contribution in [0.25, 0.3) is 0 Å². The van der Waals surface area contributed by atoms with Crippen molar-refractivity contribution in [1.82, 2.24) is 10.2 Å². The number of rotatable bonds is 5. The number of likely N-dealkylation sites (tertiary alicyclic amines) is 1. The second kappa shape index (κ2) is 6.86. The summed E-state index contributed by atoms with van der Waals surface area (Å²) in [5.74, 6) is 0.512. The number of carbonyl (C=O) groups excluding carboxylic acids is 1. The van der Waals surface area contributed by atoms with Crippen LogP contribution in [0.15, 0.2) is 0 Å². The molecular weight excluding hydrogens is 204 g/mol. The van der Waals surface area contributed by atoms with Crippen LogP contribution in [0.5, 0.6) is 0 Å². The van der Waals surface area contributed by atoms with E-state index in [-0.39, 0.29) is 18.6 Å². The molecule has 1 amide bonds. The molecule has 1 aliphatic heterocycles. The van der Waals surface area contributed by atoms with E-state index in [9.17, 15) is 4.79 Å². The molecule has 0 bridgehead atoms. The first-order valence-electron chi connectivity index (χ1n) is 6.27. The zero-order chi connectivity index (χ0) is 12.0. The SMILES string of the molecule is CC(C)[C@@H](CO)NCC(=O)N1CCCCC1. The monoisotopic (exact) mass is 228 g/mol. The minimum absolute atomic E-state index is 0.0220. The van der Waals surface area contributed by atoms with E-state index in [1.54, 1.807) is 0 Å². The van der Waals surface area contributed by atoms with Gasteiger partial charge in [0.05, 0.1) is 13.2 Å². The van der Waals surface area contributed by atoms with Gasteiger partial charge in [0.1, 0.15) is 0 Å². The van der Waals surface area contributed by atoms with Crippen LogP contribution in [-0.2, 0) is 4.79 Å². The molecule has 4 nitrogen and oxygen atoms in total. The molecule has 0 radical (unpaired) electrons. The van der Waals surface area contributed by atoms with Crippen LogP contribution in [0, 0.1) is 5.92 Å². The molecule has 94 valence electrons. The highest BCUT2D eigenvalue weighted by Crippen LogP contribution is 2.08. The fourth-order valence-electron chi connectivity index (χ4n) is 1.98. The molecule has 1 aliphatic rings. The number of hydrogen-bond donors (Lipinski definition) is 2. The van der Waals surface area contributed by atoms with Crippen molar-refractivity contribution in [2.45, 2.75) is 39.2 Å². The summed E-state index contributed by atoms with van der Waals surface area (Å²) in [6.07, 6.45) is 3.49. The van der Waals surface area contributed by atoms with E-state index in [2.05, 4.69) is 5.32 Å². The number of nitrogens with one attached hydrogen (secondary N) is 1. The number of nitrogens with zero attached hydrogens (tertiary/aromatic N) is 1. The van der Waals surface area contributed by atoms with Crippen molar-refractivity contribution in [3.63, 3.8) is 0 Å². The van der Waals surface area contributed by atoms with Crippen molar-refractivity contribution >= 4 is 5.91 Å². The van der Waals surface area contributed by atoms with E-state index in [0.717, 1.165) is 25.9 Å². The number of carbonyl (C=O) groups is 1. The molecule has 0 saturated carbocycles. The molecule has 16 heavy (non-hydrogen) atoms. The fraction of sp³-hybridized carbons (Fsp3) is 0.917.